The van der Waals surface area contributed by atoms with Gasteiger partial charge in [0.25, 0.3) is 0 Å². The number of pyridine rings is 1. The summed E-state index contributed by atoms with van der Waals surface area (Å²) in [5.74, 6) is 0.309. The smallest absolute Gasteiger partial charge is 0.250 e. The molecule has 0 unspecified atom stereocenters. The minimum atomic E-state index is -0.255. The molecule has 3 heterocycles. The molecule has 0 radical (unpaired) electrons. The first-order chi connectivity index (χ1) is 18.1. The van der Waals surface area contributed by atoms with Crippen molar-refractivity contribution >= 4 is 34.6 Å². The second kappa shape index (κ2) is 11.3. The molecular weight excluding hydrogens is 486 g/mol. The Morgan fingerprint density at radius 2 is 1.97 bits per heavy atom. The summed E-state index contributed by atoms with van der Waals surface area (Å²) in [6.45, 7) is -0.0453. The fourth-order valence-electron chi connectivity index (χ4n) is 5.54. The number of hydrogen-bond donors (Lipinski definition) is 2. The average Bonchev–Trinajstić information content (AvgIpc) is 3.54. The SMILES string of the molecule is COCC(=O)Nc1cc(N2C(=S)N[C@@H](c3ccccn3)[C@H]2c2cccn2C2CCCCC2)ccc1OC. The molecule has 9 heteroatoms. The van der Waals surface area contributed by atoms with Crippen molar-refractivity contribution in [1.82, 2.24) is 14.9 Å². The lowest BCUT2D eigenvalue weighted by Crippen LogP contribution is -2.31. The van der Waals surface area contributed by atoms with E-state index in [0.717, 1.165) is 11.4 Å². The summed E-state index contributed by atoms with van der Waals surface area (Å²) in [6.07, 6.45) is 10.2. The normalized spacial score (nSPS) is 20.1. The zero-order chi connectivity index (χ0) is 25.8. The predicted octanol–water partition coefficient (Wildman–Crippen LogP) is 5.16. The van der Waals surface area contributed by atoms with Gasteiger partial charge in [-0.25, -0.2) is 0 Å². The maximum atomic E-state index is 12.3. The molecule has 1 amide bonds. The summed E-state index contributed by atoms with van der Waals surface area (Å²) in [6, 6.07) is 16.2. The van der Waals surface area contributed by atoms with Gasteiger partial charge in [-0.1, -0.05) is 25.3 Å². The number of nitrogens with one attached hydrogen (secondary N) is 2. The number of ether oxygens (including phenoxy) is 2. The van der Waals surface area contributed by atoms with Crippen molar-refractivity contribution in [2.75, 3.05) is 31.0 Å². The van der Waals surface area contributed by atoms with E-state index in [0.29, 0.717) is 22.6 Å². The Morgan fingerprint density at radius 1 is 1.14 bits per heavy atom. The number of rotatable bonds is 8. The van der Waals surface area contributed by atoms with Gasteiger partial charge in [0.2, 0.25) is 5.91 Å². The van der Waals surface area contributed by atoms with Gasteiger partial charge >= 0.3 is 0 Å². The largest absolute Gasteiger partial charge is 0.495 e. The zero-order valence-corrected chi connectivity index (χ0v) is 22.0. The average molecular weight is 520 g/mol. The number of methoxy groups -OCH3 is 2. The molecule has 1 aromatic carbocycles. The maximum Gasteiger partial charge on any atom is 0.250 e. The first kappa shape index (κ1) is 25.2. The van der Waals surface area contributed by atoms with Crippen LogP contribution in [0.5, 0.6) is 5.75 Å². The van der Waals surface area contributed by atoms with E-state index in [1.165, 1.54) is 44.9 Å². The summed E-state index contributed by atoms with van der Waals surface area (Å²) in [5.41, 5.74) is 3.53. The second-order valence-corrected chi connectivity index (χ2v) is 9.88. The highest BCUT2D eigenvalue weighted by atomic mass is 32.1. The van der Waals surface area contributed by atoms with E-state index in [1.807, 2.05) is 42.6 Å². The number of amides is 1. The summed E-state index contributed by atoms with van der Waals surface area (Å²) >= 11 is 5.92. The quantitative estimate of drug-likeness (QED) is 0.398. The van der Waals surface area contributed by atoms with Crippen molar-refractivity contribution in [2.45, 2.75) is 50.2 Å². The number of nitrogens with zero attached hydrogens (tertiary/aromatic N) is 3. The van der Waals surface area contributed by atoms with Crippen LogP contribution >= 0.6 is 12.2 Å². The molecule has 0 bridgehead atoms. The molecule has 2 fully saturated rings. The summed E-state index contributed by atoms with van der Waals surface area (Å²) in [7, 11) is 3.07. The highest BCUT2D eigenvalue weighted by molar-refractivity contribution is 7.80. The van der Waals surface area contributed by atoms with Gasteiger partial charge in [-0.3, -0.25) is 9.78 Å². The van der Waals surface area contributed by atoms with Gasteiger partial charge in [0, 0.05) is 36.9 Å². The van der Waals surface area contributed by atoms with Crippen LogP contribution in [0.2, 0.25) is 0 Å². The minimum Gasteiger partial charge on any atom is -0.495 e. The Hall–Kier alpha value is -3.43. The number of carbonyl (C=O) groups is 1. The molecule has 2 atom stereocenters. The van der Waals surface area contributed by atoms with E-state index >= 15 is 0 Å². The number of aromatic nitrogens is 2. The third-order valence-electron chi connectivity index (χ3n) is 7.19. The van der Waals surface area contributed by atoms with Crippen molar-refractivity contribution in [3.63, 3.8) is 0 Å². The molecule has 3 aromatic rings. The Bertz CT molecular complexity index is 1240. The first-order valence-electron chi connectivity index (χ1n) is 12.7. The lowest BCUT2D eigenvalue weighted by atomic mass is 9.94. The van der Waals surface area contributed by atoms with Crippen molar-refractivity contribution < 1.29 is 14.3 Å². The lowest BCUT2D eigenvalue weighted by molar-refractivity contribution is -0.119. The molecule has 1 saturated carbocycles. The predicted molar refractivity (Wildman–Crippen MR) is 148 cm³/mol. The Labute approximate surface area is 223 Å². The van der Waals surface area contributed by atoms with Gasteiger partial charge in [0.1, 0.15) is 18.4 Å². The summed E-state index contributed by atoms with van der Waals surface area (Å²) in [4.78, 5) is 19.1. The number of carbonyl (C=O) groups excluding carboxylic acids is 1. The number of thiocarbonyl (C=S) groups is 1. The summed E-state index contributed by atoms with van der Waals surface area (Å²) in [5, 5.41) is 7.05. The van der Waals surface area contributed by atoms with Crippen molar-refractivity contribution in [3.8, 4) is 5.75 Å². The van der Waals surface area contributed by atoms with Crippen molar-refractivity contribution in [2.24, 2.45) is 0 Å². The Balaban J connectivity index is 1.58. The van der Waals surface area contributed by atoms with Gasteiger partial charge in [-0.15, -0.1) is 0 Å². The Morgan fingerprint density at radius 3 is 2.70 bits per heavy atom. The number of benzene rings is 1. The van der Waals surface area contributed by atoms with E-state index in [4.69, 9.17) is 21.7 Å². The summed E-state index contributed by atoms with van der Waals surface area (Å²) < 4.78 is 13.0. The van der Waals surface area contributed by atoms with Crippen LogP contribution in [0.4, 0.5) is 11.4 Å². The maximum absolute atomic E-state index is 12.3. The van der Waals surface area contributed by atoms with E-state index in [2.05, 4.69) is 43.4 Å². The van der Waals surface area contributed by atoms with Gasteiger partial charge in [-0.2, -0.15) is 0 Å². The first-order valence-corrected chi connectivity index (χ1v) is 13.2. The third-order valence-corrected chi connectivity index (χ3v) is 7.51. The monoisotopic (exact) mass is 519 g/mol. The third kappa shape index (κ3) is 5.19. The molecule has 0 spiro atoms. The van der Waals surface area contributed by atoms with Crippen molar-refractivity contribution in [1.29, 1.82) is 0 Å². The highest BCUT2D eigenvalue weighted by Crippen LogP contribution is 2.44. The van der Waals surface area contributed by atoms with Crippen LogP contribution in [0.3, 0.4) is 0 Å². The molecule has 37 heavy (non-hydrogen) atoms. The van der Waals surface area contributed by atoms with Gasteiger partial charge < -0.3 is 29.6 Å². The fourth-order valence-corrected chi connectivity index (χ4v) is 5.89. The molecule has 194 valence electrons. The van der Waals surface area contributed by atoms with Crippen LogP contribution in [-0.2, 0) is 9.53 Å². The molecule has 2 N–H and O–H groups in total. The van der Waals surface area contributed by atoms with Crippen LogP contribution in [0, 0.1) is 0 Å². The molecule has 2 aromatic heterocycles. The van der Waals surface area contributed by atoms with E-state index in [1.54, 1.807) is 7.11 Å². The second-order valence-electron chi connectivity index (χ2n) is 9.49. The van der Waals surface area contributed by atoms with Gasteiger partial charge in [-0.05, 0) is 67.5 Å². The molecule has 1 saturated heterocycles. The van der Waals surface area contributed by atoms with E-state index in [-0.39, 0.29) is 24.6 Å². The van der Waals surface area contributed by atoms with Crippen LogP contribution < -0.4 is 20.3 Å². The topological polar surface area (TPSA) is 80.7 Å². The van der Waals surface area contributed by atoms with E-state index in [9.17, 15) is 4.79 Å². The lowest BCUT2D eigenvalue weighted by Gasteiger charge is -2.32. The molecule has 1 aliphatic carbocycles. The zero-order valence-electron chi connectivity index (χ0n) is 21.2. The standard InChI is InChI=1S/C28H33N5O3S/c1-35-18-25(34)30-22-17-20(13-14-24(22)36-2)33-27(26(31-28(33)37)21-11-6-7-15-29-21)23-12-8-16-32(23)19-9-4-3-5-10-19/h6-8,11-17,19,26-27H,3-5,9-10,18H2,1-2H3,(H,30,34)(H,31,37)/t26-,27+/m0/s1. The molecule has 1 aliphatic heterocycles. The van der Waals surface area contributed by atoms with Crippen LogP contribution in [0.15, 0.2) is 60.9 Å². The van der Waals surface area contributed by atoms with Gasteiger partial charge in [0.05, 0.1) is 24.5 Å². The van der Waals surface area contributed by atoms with E-state index < -0.39 is 0 Å². The van der Waals surface area contributed by atoms with Crippen LogP contribution in [0.25, 0.3) is 0 Å². The van der Waals surface area contributed by atoms with Gasteiger partial charge in [0.15, 0.2) is 5.11 Å². The highest BCUT2D eigenvalue weighted by Gasteiger charge is 2.42. The minimum absolute atomic E-state index is 0.0453. The van der Waals surface area contributed by atoms with Crippen molar-refractivity contribution in [3.05, 3.63) is 72.3 Å². The Kier molecular flexibility index (Phi) is 7.71. The van der Waals surface area contributed by atoms with Crippen LogP contribution in [-0.4, -0.2) is 41.4 Å². The van der Waals surface area contributed by atoms with Crippen LogP contribution in [0.1, 0.15) is 61.6 Å². The number of anilines is 2. The number of hydrogen-bond acceptors (Lipinski definition) is 5. The molecular formula is C28H33N5O3S. The molecule has 2 aliphatic rings. The molecule has 5 rings (SSSR count). The molecule has 8 nitrogen and oxygen atoms in total. The fraction of sp³-hybridized carbons (Fsp3) is 0.393.